The van der Waals surface area contributed by atoms with Crippen LogP contribution in [0.1, 0.15) is 45.5 Å². The van der Waals surface area contributed by atoms with Crippen LogP contribution in [0.5, 0.6) is 0 Å². The molecule has 2 aliphatic heterocycles. The third-order valence-electron chi connectivity index (χ3n) is 6.35. The number of benzene rings is 1. The van der Waals surface area contributed by atoms with Gasteiger partial charge in [-0.15, -0.1) is 0 Å². The van der Waals surface area contributed by atoms with Crippen LogP contribution in [0.4, 0.5) is 5.69 Å². The van der Waals surface area contributed by atoms with Gasteiger partial charge in [0.2, 0.25) is 0 Å². The number of fused-ring (bicyclic) bond motifs is 1. The first-order valence-corrected chi connectivity index (χ1v) is 10.9. The number of hydrogen-bond acceptors (Lipinski definition) is 4. The molecule has 1 aromatic rings. The molecule has 152 valence electrons. The second kappa shape index (κ2) is 8.54. The molecule has 2 fully saturated rings. The molecule has 0 bridgehead atoms. The van der Waals surface area contributed by atoms with Crippen molar-refractivity contribution in [1.29, 1.82) is 0 Å². The summed E-state index contributed by atoms with van der Waals surface area (Å²) in [5.41, 5.74) is 14.2. The SMILES string of the molecule is C=C1C(CCN)=C2CCCCCC2=C(N2CCNCC2)N1c1ccccc1C.[HH]. The van der Waals surface area contributed by atoms with Crippen molar-refractivity contribution in [2.45, 2.75) is 45.4 Å². The Morgan fingerprint density at radius 1 is 1.07 bits per heavy atom. The lowest BCUT2D eigenvalue weighted by atomic mass is 9.87. The quantitative estimate of drug-likeness (QED) is 0.817. The summed E-state index contributed by atoms with van der Waals surface area (Å²) in [6.07, 6.45) is 7.11. The van der Waals surface area contributed by atoms with Gasteiger partial charge in [-0.2, -0.15) is 0 Å². The fourth-order valence-corrected chi connectivity index (χ4v) is 4.96. The molecule has 1 aliphatic carbocycles. The lowest BCUT2D eigenvalue weighted by Gasteiger charge is -2.45. The second-order valence-electron chi connectivity index (χ2n) is 8.16. The Morgan fingerprint density at radius 2 is 1.79 bits per heavy atom. The molecule has 0 atom stereocenters. The zero-order chi connectivity index (χ0) is 19.5. The van der Waals surface area contributed by atoms with Gasteiger partial charge in [0, 0.05) is 33.3 Å². The molecular weight excluding hydrogens is 344 g/mol. The predicted octanol–water partition coefficient (Wildman–Crippen LogP) is 4.30. The zero-order valence-corrected chi connectivity index (χ0v) is 17.3. The highest BCUT2D eigenvalue weighted by Crippen LogP contribution is 2.45. The van der Waals surface area contributed by atoms with Gasteiger partial charge in [-0.05, 0) is 73.9 Å². The van der Waals surface area contributed by atoms with Crippen molar-refractivity contribution >= 4 is 5.69 Å². The smallest absolute Gasteiger partial charge is 0.117 e. The largest absolute Gasteiger partial charge is 0.355 e. The van der Waals surface area contributed by atoms with Crippen molar-refractivity contribution in [2.24, 2.45) is 5.73 Å². The Labute approximate surface area is 171 Å². The molecule has 4 heteroatoms. The number of rotatable bonds is 4. The summed E-state index contributed by atoms with van der Waals surface area (Å²) in [7, 11) is 0. The number of nitrogens with zero attached hydrogens (tertiary/aromatic N) is 2. The van der Waals surface area contributed by atoms with Crippen molar-refractivity contribution in [1.82, 2.24) is 10.2 Å². The molecule has 3 N–H and O–H groups in total. The molecule has 4 rings (SSSR count). The fraction of sp³-hybridized carbons (Fsp3) is 0.500. The first-order valence-electron chi connectivity index (χ1n) is 10.9. The topological polar surface area (TPSA) is 44.5 Å². The van der Waals surface area contributed by atoms with Crippen LogP contribution in [0.3, 0.4) is 0 Å². The standard InChI is InChI=1S/C24H34N4.H2/c1-18-8-6-7-11-23(18)28-19(2)20(12-13-25)21-9-4-3-5-10-22(21)24(28)27-16-14-26-15-17-27;/h6-8,11,26H,2-5,9-10,12-17,25H2,1H3;1H. The van der Waals surface area contributed by atoms with E-state index in [1.807, 2.05) is 0 Å². The summed E-state index contributed by atoms with van der Waals surface area (Å²) in [5.74, 6) is 1.39. The predicted molar refractivity (Wildman–Crippen MR) is 120 cm³/mol. The van der Waals surface area contributed by atoms with Crippen LogP contribution in [-0.2, 0) is 0 Å². The third-order valence-corrected chi connectivity index (χ3v) is 6.35. The van der Waals surface area contributed by atoms with E-state index >= 15 is 0 Å². The molecule has 28 heavy (non-hydrogen) atoms. The minimum absolute atomic E-state index is 0. The van der Waals surface area contributed by atoms with Crippen LogP contribution < -0.4 is 16.0 Å². The number of hydrogen-bond donors (Lipinski definition) is 2. The van der Waals surface area contributed by atoms with Gasteiger partial charge in [-0.1, -0.05) is 31.2 Å². The van der Waals surface area contributed by atoms with Gasteiger partial charge < -0.3 is 16.0 Å². The van der Waals surface area contributed by atoms with Crippen molar-refractivity contribution in [3.05, 3.63) is 64.6 Å². The van der Waals surface area contributed by atoms with E-state index < -0.39 is 0 Å². The molecular formula is C24H36N4. The summed E-state index contributed by atoms with van der Waals surface area (Å²) in [6, 6.07) is 8.71. The minimum Gasteiger partial charge on any atom is -0.355 e. The van der Waals surface area contributed by atoms with E-state index in [-0.39, 0.29) is 1.43 Å². The van der Waals surface area contributed by atoms with Gasteiger partial charge in [0.15, 0.2) is 0 Å². The highest BCUT2D eigenvalue weighted by Gasteiger charge is 2.34. The molecule has 4 nitrogen and oxygen atoms in total. The number of para-hydroxylation sites is 1. The van der Waals surface area contributed by atoms with E-state index in [4.69, 9.17) is 5.73 Å². The molecule has 1 saturated heterocycles. The molecule has 0 radical (unpaired) electrons. The zero-order valence-electron chi connectivity index (χ0n) is 17.3. The highest BCUT2D eigenvalue weighted by atomic mass is 15.4. The molecule has 0 aromatic heterocycles. The maximum Gasteiger partial charge on any atom is 0.117 e. The summed E-state index contributed by atoms with van der Waals surface area (Å²) < 4.78 is 0. The fourth-order valence-electron chi connectivity index (χ4n) is 4.96. The monoisotopic (exact) mass is 380 g/mol. The minimum atomic E-state index is 0. The highest BCUT2D eigenvalue weighted by molar-refractivity contribution is 5.70. The van der Waals surface area contributed by atoms with Crippen LogP contribution in [0.2, 0.25) is 0 Å². The Balaban J connectivity index is 0.00000240. The third kappa shape index (κ3) is 3.51. The number of nitrogens with one attached hydrogen (secondary N) is 1. The van der Waals surface area contributed by atoms with Crippen LogP contribution in [-0.4, -0.2) is 37.6 Å². The normalized spacial score (nSPS) is 21.1. The average Bonchev–Trinajstić information content (AvgIpc) is 2.97. The van der Waals surface area contributed by atoms with Crippen LogP contribution >= 0.6 is 0 Å². The first kappa shape index (κ1) is 19.3. The summed E-state index contributed by atoms with van der Waals surface area (Å²) in [5, 5.41) is 3.51. The maximum atomic E-state index is 6.05. The summed E-state index contributed by atoms with van der Waals surface area (Å²) >= 11 is 0. The molecule has 0 spiro atoms. The van der Waals surface area contributed by atoms with E-state index in [1.165, 1.54) is 54.7 Å². The Hall–Kier alpha value is -2.04. The van der Waals surface area contributed by atoms with Gasteiger partial charge in [0.25, 0.3) is 0 Å². The Morgan fingerprint density at radius 3 is 2.50 bits per heavy atom. The van der Waals surface area contributed by atoms with E-state index in [9.17, 15) is 0 Å². The molecule has 3 aliphatic rings. The van der Waals surface area contributed by atoms with Crippen LogP contribution in [0.25, 0.3) is 0 Å². The maximum absolute atomic E-state index is 6.05. The van der Waals surface area contributed by atoms with Crippen molar-refractivity contribution in [3.63, 3.8) is 0 Å². The van der Waals surface area contributed by atoms with E-state index in [0.717, 1.165) is 38.3 Å². The molecule has 0 amide bonds. The number of allylic oxidation sites excluding steroid dienone is 3. The number of piperazine rings is 1. The Kier molecular flexibility index (Phi) is 5.88. The van der Waals surface area contributed by atoms with Gasteiger partial charge >= 0.3 is 0 Å². The second-order valence-corrected chi connectivity index (χ2v) is 8.16. The van der Waals surface area contributed by atoms with Gasteiger partial charge in [0.1, 0.15) is 5.82 Å². The van der Waals surface area contributed by atoms with Crippen LogP contribution in [0.15, 0.2) is 59.1 Å². The van der Waals surface area contributed by atoms with Gasteiger partial charge in [-0.25, -0.2) is 0 Å². The average molecular weight is 381 g/mol. The van der Waals surface area contributed by atoms with E-state index in [2.05, 4.69) is 52.9 Å². The molecule has 1 saturated carbocycles. The summed E-state index contributed by atoms with van der Waals surface area (Å²) in [4.78, 5) is 5.05. The molecule has 1 aromatic carbocycles. The molecule has 0 unspecified atom stereocenters. The number of nitrogens with two attached hydrogens (primary N) is 1. The van der Waals surface area contributed by atoms with Crippen molar-refractivity contribution < 1.29 is 1.43 Å². The van der Waals surface area contributed by atoms with E-state index in [1.54, 1.807) is 11.1 Å². The van der Waals surface area contributed by atoms with Crippen molar-refractivity contribution in [3.8, 4) is 0 Å². The van der Waals surface area contributed by atoms with E-state index in [0.29, 0.717) is 6.54 Å². The number of aryl methyl sites for hydroxylation is 1. The van der Waals surface area contributed by atoms with Gasteiger partial charge in [0.05, 0.1) is 5.69 Å². The van der Waals surface area contributed by atoms with Crippen molar-refractivity contribution in [2.75, 3.05) is 37.6 Å². The Bertz CT molecular complexity index is 805. The van der Waals surface area contributed by atoms with Crippen LogP contribution in [0, 0.1) is 6.92 Å². The lowest BCUT2D eigenvalue weighted by Crippen LogP contribution is -2.48. The molecule has 2 heterocycles. The number of anilines is 1. The lowest BCUT2D eigenvalue weighted by molar-refractivity contribution is 0.290. The summed E-state index contributed by atoms with van der Waals surface area (Å²) in [6.45, 7) is 11.7. The first-order chi connectivity index (χ1) is 13.7. The van der Waals surface area contributed by atoms with Gasteiger partial charge in [-0.3, -0.25) is 4.90 Å².